The summed E-state index contributed by atoms with van der Waals surface area (Å²) in [5.74, 6) is -1.68. The number of hydrazone groups is 1. The Labute approximate surface area is 173 Å². The monoisotopic (exact) mass is 463 g/mol. The van der Waals surface area contributed by atoms with Crippen molar-refractivity contribution in [1.29, 1.82) is 0 Å². The molecule has 2 aliphatic rings. The van der Waals surface area contributed by atoms with Gasteiger partial charge >= 0.3 is 6.18 Å². The number of nitrogens with zero attached hydrogens (tertiary/aromatic N) is 3. The average molecular weight is 463 g/mol. The molecule has 1 saturated heterocycles. The Kier molecular flexibility index (Phi) is 5.89. The van der Waals surface area contributed by atoms with Crippen molar-refractivity contribution in [1.82, 2.24) is 10.4 Å². The molecule has 0 radical (unpaired) electrons. The van der Waals surface area contributed by atoms with Crippen molar-refractivity contribution < 1.29 is 36.1 Å². The van der Waals surface area contributed by atoms with E-state index in [1.165, 1.54) is 0 Å². The van der Waals surface area contributed by atoms with E-state index >= 15 is 0 Å². The molecule has 168 valence electrons. The number of sulfone groups is 1. The Bertz CT molecular complexity index is 1070. The largest absolute Gasteiger partial charge is 0.416 e. The van der Waals surface area contributed by atoms with Gasteiger partial charge in [0.1, 0.15) is 11.4 Å². The first-order valence-corrected chi connectivity index (χ1v) is 10.7. The molecule has 1 atom stereocenters. The maximum absolute atomic E-state index is 12.8. The third-order valence-electron chi connectivity index (χ3n) is 4.71. The highest BCUT2D eigenvalue weighted by molar-refractivity contribution is 7.91. The first-order chi connectivity index (χ1) is 14.4. The SMILES string of the molecule is O=C(NNc1ccc(C(F)(F)F)cc1[N+](=O)[O-])C1=NN(C2CCS(=O)(=O)C2)C(=O)CC1. The summed E-state index contributed by atoms with van der Waals surface area (Å²) in [7, 11) is -3.30. The molecule has 0 aromatic heterocycles. The molecular formula is C16H16F3N5O6S. The number of halogens is 3. The van der Waals surface area contributed by atoms with E-state index in [1.807, 2.05) is 0 Å². The second-order valence-electron chi connectivity index (χ2n) is 6.91. The first-order valence-electron chi connectivity index (χ1n) is 8.89. The van der Waals surface area contributed by atoms with Gasteiger partial charge in [-0.2, -0.15) is 18.3 Å². The van der Waals surface area contributed by atoms with Gasteiger partial charge in [-0.25, -0.2) is 13.4 Å². The lowest BCUT2D eigenvalue weighted by atomic mass is 10.1. The number of hydrogen-bond acceptors (Lipinski definition) is 8. The van der Waals surface area contributed by atoms with Crippen LogP contribution < -0.4 is 10.9 Å². The number of hydrazine groups is 1. The number of nitro benzene ring substituents is 1. The number of carbonyl (C=O) groups is 2. The highest BCUT2D eigenvalue weighted by Crippen LogP contribution is 2.34. The van der Waals surface area contributed by atoms with E-state index in [9.17, 15) is 41.3 Å². The molecule has 2 amide bonds. The van der Waals surface area contributed by atoms with E-state index < -0.39 is 55.7 Å². The van der Waals surface area contributed by atoms with Crippen LogP contribution in [0.15, 0.2) is 23.3 Å². The van der Waals surface area contributed by atoms with E-state index in [0.29, 0.717) is 12.1 Å². The van der Waals surface area contributed by atoms with Crippen LogP contribution in [0.5, 0.6) is 0 Å². The summed E-state index contributed by atoms with van der Waals surface area (Å²) in [5, 5.41) is 16.0. The topological polar surface area (TPSA) is 151 Å². The van der Waals surface area contributed by atoms with E-state index in [1.54, 1.807) is 0 Å². The molecule has 0 aliphatic carbocycles. The molecule has 2 heterocycles. The van der Waals surface area contributed by atoms with Crippen LogP contribution in [0, 0.1) is 10.1 Å². The summed E-state index contributed by atoms with van der Waals surface area (Å²) in [6.07, 6.45) is -4.75. The lowest BCUT2D eigenvalue weighted by Crippen LogP contribution is -2.44. The fraction of sp³-hybridized carbons (Fsp3) is 0.438. The molecule has 2 aliphatic heterocycles. The minimum Gasteiger partial charge on any atom is -0.292 e. The summed E-state index contributed by atoms with van der Waals surface area (Å²) < 4.78 is 61.6. The lowest BCUT2D eigenvalue weighted by Gasteiger charge is -2.27. The fourth-order valence-electron chi connectivity index (χ4n) is 3.15. The van der Waals surface area contributed by atoms with Crippen molar-refractivity contribution >= 4 is 38.7 Å². The van der Waals surface area contributed by atoms with Gasteiger partial charge in [0.2, 0.25) is 5.91 Å². The molecule has 1 fully saturated rings. The zero-order valence-corrected chi connectivity index (χ0v) is 16.5. The smallest absolute Gasteiger partial charge is 0.292 e. The normalized spacial score (nSPS) is 20.9. The number of hydrogen-bond donors (Lipinski definition) is 2. The molecule has 0 bridgehead atoms. The van der Waals surface area contributed by atoms with Gasteiger partial charge in [-0.05, 0) is 18.6 Å². The Hall–Kier alpha value is -3.23. The van der Waals surface area contributed by atoms with Crippen LogP contribution in [0.4, 0.5) is 24.5 Å². The number of nitrogens with one attached hydrogen (secondary N) is 2. The summed E-state index contributed by atoms with van der Waals surface area (Å²) in [5.41, 5.74) is 1.63. The number of anilines is 1. The molecule has 1 aromatic rings. The molecule has 0 saturated carbocycles. The summed E-state index contributed by atoms with van der Waals surface area (Å²) in [6.45, 7) is 0. The fourth-order valence-corrected chi connectivity index (χ4v) is 4.84. The molecule has 1 unspecified atom stereocenters. The Morgan fingerprint density at radius 1 is 1.29 bits per heavy atom. The summed E-state index contributed by atoms with van der Waals surface area (Å²) in [6, 6.07) is 1.04. The lowest BCUT2D eigenvalue weighted by molar-refractivity contribution is -0.384. The maximum atomic E-state index is 12.8. The van der Waals surface area contributed by atoms with Gasteiger partial charge in [-0.1, -0.05) is 0 Å². The van der Waals surface area contributed by atoms with Gasteiger partial charge in [0.25, 0.3) is 11.6 Å². The molecule has 15 heteroatoms. The minimum atomic E-state index is -4.78. The van der Waals surface area contributed by atoms with Crippen molar-refractivity contribution in [2.45, 2.75) is 31.5 Å². The van der Waals surface area contributed by atoms with Crippen molar-refractivity contribution in [2.24, 2.45) is 5.10 Å². The molecule has 1 aromatic carbocycles. The standard InChI is InChI=1S/C16H16F3N5O6S/c17-16(18,19)9-1-2-11(13(7-9)24(27)28)20-21-15(26)12-3-4-14(25)23(22-12)10-5-6-31(29,30)8-10/h1-2,7,10,20H,3-6,8H2,(H,21,26). The van der Waals surface area contributed by atoms with Crippen LogP contribution in [-0.4, -0.2) is 53.4 Å². The van der Waals surface area contributed by atoms with Crippen molar-refractivity contribution in [2.75, 3.05) is 16.9 Å². The summed E-state index contributed by atoms with van der Waals surface area (Å²) in [4.78, 5) is 34.5. The van der Waals surface area contributed by atoms with Gasteiger partial charge < -0.3 is 0 Å². The molecule has 3 rings (SSSR count). The number of amides is 2. The van der Waals surface area contributed by atoms with E-state index in [-0.39, 0.29) is 36.5 Å². The van der Waals surface area contributed by atoms with Gasteiger partial charge in [-0.3, -0.25) is 30.6 Å². The highest BCUT2D eigenvalue weighted by Gasteiger charge is 2.37. The number of nitro groups is 1. The quantitative estimate of drug-likeness (QED) is 0.492. The molecule has 2 N–H and O–H groups in total. The Balaban J connectivity index is 1.74. The number of carbonyl (C=O) groups excluding carboxylic acids is 2. The van der Waals surface area contributed by atoms with E-state index in [4.69, 9.17) is 0 Å². The molecule has 0 spiro atoms. The van der Waals surface area contributed by atoms with Crippen LogP contribution >= 0.6 is 0 Å². The zero-order chi connectivity index (χ0) is 23.0. The van der Waals surface area contributed by atoms with Crippen LogP contribution in [0.25, 0.3) is 0 Å². The highest BCUT2D eigenvalue weighted by atomic mass is 32.2. The second-order valence-corrected chi connectivity index (χ2v) is 9.14. The maximum Gasteiger partial charge on any atom is 0.416 e. The van der Waals surface area contributed by atoms with Crippen LogP contribution in [-0.2, 0) is 25.6 Å². The predicted molar refractivity (Wildman–Crippen MR) is 100 cm³/mol. The zero-order valence-electron chi connectivity index (χ0n) is 15.7. The third-order valence-corrected chi connectivity index (χ3v) is 6.46. The van der Waals surface area contributed by atoms with Crippen molar-refractivity contribution in [3.8, 4) is 0 Å². The van der Waals surface area contributed by atoms with Crippen molar-refractivity contribution in [3.63, 3.8) is 0 Å². The number of rotatable bonds is 5. The first kappa shape index (κ1) is 22.5. The third kappa shape index (κ3) is 5.10. The number of alkyl halides is 3. The van der Waals surface area contributed by atoms with Crippen molar-refractivity contribution in [3.05, 3.63) is 33.9 Å². The van der Waals surface area contributed by atoms with Crippen LogP contribution in [0.2, 0.25) is 0 Å². The second kappa shape index (κ2) is 8.13. The molecular weight excluding hydrogens is 447 g/mol. The summed E-state index contributed by atoms with van der Waals surface area (Å²) >= 11 is 0. The van der Waals surface area contributed by atoms with Gasteiger partial charge in [0, 0.05) is 18.9 Å². The van der Waals surface area contributed by atoms with E-state index in [0.717, 1.165) is 11.1 Å². The van der Waals surface area contributed by atoms with E-state index in [2.05, 4.69) is 16.0 Å². The van der Waals surface area contributed by atoms with Crippen LogP contribution in [0.3, 0.4) is 0 Å². The Morgan fingerprint density at radius 2 is 2.00 bits per heavy atom. The Morgan fingerprint density at radius 3 is 2.58 bits per heavy atom. The van der Waals surface area contributed by atoms with Gasteiger partial charge in [-0.15, -0.1) is 0 Å². The van der Waals surface area contributed by atoms with Gasteiger partial charge in [0.15, 0.2) is 9.84 Å². The number of benzene rings is 1. The molecule has 31 heavy (non-hydrogen) atoms. The molecule has 11 nitrogen and oxygen atoms in total. The minimum absolute atomic E-state index is 0.0581. The predicted octanol–water partition coefficient (Wildman–Crippen LogP) is 1.22. The van der Waals surface area contributed by atoms with Crippen LogP contribution in [0.1, 0.15) is 24.8 Å². The average Bonchev–Trinajstić information content (AvgIpc) is 3.05. The van der Waals surface area contributed by atoms with Gasteiger partial charge in [0.05, 0.1) is 28.0 Å².